The molecule has 41 heavy (non-hydrogen) atoms. The molecule has 5 heteroatoms. The third-order valence-corrected chi connectivity index (χ3v) is 7.74. The maximum absolute atomic E-state index is 12.5. The molecule has 8 rings (SSSR count). The summed E-state index contributed by atoms with van der Waals surface area (Å²) in [5, 5.41) is 17.1. The van der Waals surface area contributed by atoms with Gasteiger partial charge < -0.3 is 9.67 Å². The Labute approximate surface area is 248 Å². The first-order valence-electron chi connectivity index (χ1n) is 13.4. The minimum atomic E-state index is -0.00569. The molecule has 3 heterocycles. The van der Waals surface area contributed by atoms with Crippen molar-refractivity contribution in [3.63, 3.8) is 0 Å². The van der Waals surface area contributed by atoms with Gasteiger partial charge in [-0.15, -0.1) is 0 Å². The number of pyridine rings is 2. The molecule has 5 aromatic carbocycles. The number of nitrogens with zero attached hydrogens (tertiary/aromatic N) is 2. The summed E-state index contributed by atoms with van der Waals surface area (Å²) in [6.45, 7) is 0. The van der Waals surface area contributed by atoms with E-state index in [0.29, 0.717) is 5.56 Å². The van der Waals surface area contributed by atoms with Gasteiger partial charge in [0.1, 0.15) is 5.52 Å². The van der Waals surface area contributed by atoms with Crippen molar-refractivity contribution in [1.82, 2.24) is 9.55 Å². The fourth-order valence-corrected chi connectivity index (χ4v) is 5.84. The summed E-state index contributed by atoms with van der Waals surface area (Å²) in [4.78, 5) is 8.67. The Bertz CT molecular complexity index is 2200. The van der Waals surface area contributed by atoms with Crippen molar-refractivity contribution >= 4 is 43.6 Å². The summed E-state index contributed by atoms with van der Waals surface area (Å²) in [6, 6.07) is 45.1. The molecule has 0 bridgehead atoms. The zero-order chi connectivity index (χ0) is 26.6. The van der Waals surface area contributed by atoms with Crippen LogP contribution in [-0.4, -0.2) is 9.55 Å². The van der Waals surface area contributed by atoms with E-state index in [1.165, 1.54) is 21.8 Å². The Morgan fingerprint density at radius 1 is 0.610 bits per heavy atom. The molecule has 0 aliphatic heterocycles. The van der Waals surface area contributed by atoms with Gasteiger partial charge in [-0.1, -0.05) is 84.6 Å². The molecule has 0 atom stereocenters. The van der Waals surface area contributed by atoms with Crippen molar-refractivity contribution in [3.8, 4) is 34.0 Å². The van der Waals surface area contributed by atoms with Crippen molar-refractivity contribution in [3.05, 3.63) is 133 Å². The fourth-order valence-electron chi connectivity index (χ4n) is 5.84. The van der Waals surface area contributed by atoms with E-state index in [1.807, 2.05) is 24.3 Å². The maximum atomic E-state index is 12.5. The first kappa shape index (κ1) is 25.1. The molecular weight excluding hydrogens is 497 g/mol. The summed E-state index contributed by atoms with van der Waals surface area (Å²) in [6.07, 6.45) is 0. The number of aromatic nitrogens is 3. The number of benzene rings is 5. The van der Waals surface area contributed by atoms with Crippen molar-refractivity contribution in [2.24, 2.45) is 0 Å². The Hall–Kier alpha value is -4.88. The number of aromatic amines is 1. The smallest absolute Gasteiger partial charge is 0.872 e. The van der Waals surface area contributed by atoms with Crippen molar-refractivity contribution in [2.45, 2.75) is 0 Å². The summed E-state index contributed by atoms with van der Waals surface area (Å²) in [7, 11) is 0. The SMILES string of the molecule is [Li+].[O-]c1ccccc1-c1ccc2ccc3ccc(-c4cccc(-n5c6ccccc6c6ccccc65)c4)nc3c2[nH+]1. The molecule has 1 N–H and O–H groups in total. The monoisotopic (exact) mass is 520 g/mol. The molecule has 0 unspecified atom stereocenters. The first-order valence-corrected chi connectivity index (χ1v) is 13.4. The van der Waals surface area contributed by atoms with Crippen LogP contribution in [0.2, 0.25) is 0 Å². The molecule has 0 saturated heterocycles. The average molecular weight is 521 g/mol. The van der Waals surface area contributed by atoms with E-state index >= 15 is 0 Å². The normalized spacial score (nSPS) is 11.3. The van der Waals surface area contributed by atoms with Crippen LogP contribution in [0.25, 0.3) is 71.8 Å². The van der Waals surface area contributed by atoms with E-state index in [4.69, 9.17) is 4.98 Å². The van der Waals surface area contributed by atoms with E-state index in [-0.39, 0.29) is 24.6 Å². The van der Waals surface area contributed by atoms with Crippen LogP contribution in [0.4, 0.5) is 0 Å². The van der Waals surface area contributed by atoms with Crippen LogP contribution >= 0.6 is 0 Å². The van der Waals surface area contributed by atoms with Gasteiger partial charge in [-0.05, 0) is 48.5 Å². The number of hydrogen-bond donors (Lipinski definition) is 0. The zero-order valence-corrected chi connectivity index (χ0v) is 22.5. The summed E-state index contributed by atoms with van der Waals surface area (Å²) in [5.74, 6) is -0.00569. The zero-order valence-electron chi connectivity index (χ0n) is 22.5. The number of fused-ring (bicyclic) bond motifs is 6. The van der Waals surface area contributed by atoms with Gasteiger partial charge >= 0.3 is 18.9 Å². The van der Waals surface area contributed by atoms with Crippen LogP contribution < -0.4 is 29.0 Å². The number of nitrogens with one attached hydrogen (secondary N) is 1. The number of hydrogen-bond acceptors (Lipinski definition) is 2. The van der Waals surface area contributed by atoms with Crippen molar-refractivity contribution in [1.29, 1.82) is 0 Å². The molecule has 0 saturated carbocycles. The summed E-state index contributed by atoms with van der Waals surface area (Å²) < 4.78 is 2.32. The predicted octanol–water partition coefficient (Wildman–Crippen LogP) is 4.71. The summed E-state index contributed by atoms with van der Waals surface area (Å²) >= 11 is 0. The van der Waals surface area contributed by atoms with Gasteiger partial charge in [0.05, 0.1) is 16.7 Å². The summed E-state index contributed by atoms with van der Waals surface area (Å²) in [5.41, 5.74) is 8.61. The standard InChI is InChI=1S/C36H23N3O.Li/c40-34-15-6-3-12-29(34)31-21-19-24-17-16-23-18-20-30(37-35(23)36(24)38-31)25-8-7-9-26(22-25)39-32-13-4-1-10-27(32)28-11-2-5-14-33(28)39;/h1-22,40H;/q;+1. The van der Waals surface area contributed by atoms with Gasteiger partial charge in [-0.3, -0.25) is 0 Å². The van der Waals surface area contributed by atoms with Gasteiger partial charge in [0.25, 0.3) is 0 Å². The van der Waals surface area contributed by atoms with Crippen LogP contribution in [0.3, 0.4) is 0 Å². The fraction of sp³-hybridized carbons (Fsp3) is 0. The third-order valence-electron chi connectivity index (χ3n) is 7.74. The van der Waals surface area contributed by atoms with Gasteiger partial charge in [0.15, 0.2) is 0 Å². The van der Waals surface area contributed by atoms with E-state index in [0.717, 1.165) is 44.4 Å². The van der Waals surface area contributed by atoms with E-state index in [9.17, 15) is 5.11 Å². The predicted molar refractivity (Wildman–Crippen MR) is 160 cm³/mol. The minimum Gasteiger partial charge on any atom is -0.872 e. The van der Waals surface area contributed by atoms with Crippen LogP contribution in [0.15, 0.2) is 133 Å². The van der Waals surface area contributed by atoms with Gasteiger partial charge in [0, 0.05) is 44.4 Å². The molecule has 188 valence electrons. The second kappa shape index (κ2) is 9.94. The molecule has 0 aliphatic rings. The van der Waals surface area contributed by atoms with Gasteiger partial charge in [-0.25, -0.2) is 9.97 Å². The van der Waals surface area contributed by atoms with Crippen LogP contribution in [0, 0.1) is 0 Å². The molecule has 3 aromatic heterocycles. The van der Waals surface area contributed by atoms with Crippen molar-refractivity contribution in [2.75, 3.05) is 0 Å². The van der Waals surface area contributed by atoms with E-state index in [1.54, 1.807) is 12.1 Å². The molecular formula is C36H23LiN3O+. The molecule has 0 aliphatic carbocycles. The van der Waals surface area contributed by atoms with Crippen LogP contribution in [-0.2, 0) is 0 Å². The molecule has 0 amide bonds. The average Bonchev–Trinajstić information content (AvgIpc) is 3.35. The van der Waals surface area contributed by atoms with E-state index < -0.39 is 0 Å². The van der Waals surface area contributed by atoms with Gasteiger partial charge in [-0.2, -0.15) is 0 Å². The molecule has 8 aromatic rings. The Balaban J connectivity index is 0.00000276. The second-order valence-electron chi connectivity index (χ2n) is 10.1. The van der Waals surface area contributed by atoms with Crippen molar-refractivity contribution < 1.29 is 29.0 Å². The molecule has 4 nitrogen and oxygen atoms in total. The molecule has 0 spiro atoms. The van der Waals surface area contributed by atoms with Gasteiger partial charge in [0.2, 0.25) is 11.2 Å². The van der Waals surface area contributed by atoms with Crippen LogP contribution in [0.5, 0.6) is 5.75 Å². The maximum Gasteiger partial charge on any atom is 1.00 e. The minimum absolute atomic E-state index is 0. The first-order chi connectivity index (χ1) is 19.7. The largest absolute Gasteiger partial charge is 1.00 e. The Morgan fingerprint density at radius 3 is 2.05 bits per heavy atom. The Morgan fingerprint density at radius 2 is 1.27 bits per heavy atom. The van der Waals surface area contributed by atoms with Crippen LogP contribution in [0.1, 0.15) is 0 Å². The number of para-hydroxylation sites is 3. The topological polar surface area (TPSA) is 55.0 Å². The quantitative estimate of drug-likeness (QED) is 0.250. The number of H-pyrrole nitrogens is 1. The van der Waals surface area contributed by atoms with E-state index in [2.05, 4.69) is 107 Å². The molecule has 0 radical (unpaired) electrons. The second-order valence-corrected chi connectivity index (χ2v) is 10.1. The number of rotatable bonds is 3. The molecule has 0 fully saturated rings. The third kappa shape index (κ3) is 4.08. The Kier molecular flexibility index (Phi) is 6.09.